The van der Waals surface area contributed by atoms with Crippen molar-refractivity contribution >= 4 is 28.1 Å². The summed E-state index contributed by atoms with van der Waals surface area (Å²) in [5.41, 5.74) is 2.37. The van der Waals surface area contributed by atoms with Gasteiger partial charge in [0.05, 0.1) is 0 Å². The van der Waals surface area contributed by atoms with Gasteiger partial charge in [-0.05, 0) is 54.5 Å². The van der Waals surface area contributed by atoms with Crippen LogP contribution in [0.5, 0.6) is 0 Å². The quantitative estimate of drug-likeness (QED) is 0.535. The topological polar surface area (TPSA) is 22.4 Å². The average molecular weight is 334 g/mol. The van der Waals surface area contributed by atoms with Gasteiger partial charge in [0.15, 0.2) is 11.5 Å². The number of hydrogen-bond donors (Lipinski definition) is 0. The summed E-state index contributed by atoms with van der Waals surface area (Å²) in [6.07, 6.45) is 6.89. The fourth-order valence-corrected chi connectivity index (χ4v) is 4.55. The summed E-state index contributed by atoms with van der Waals surface area (Å²) < 4.78 is 12.3. The van der Waals surface area contributed by atoms with Crippen molar-refractivity contribution in [1.82, 2.24) is 0 Å². The first kappa shape index (κ1) is 14.1. The first-order valence-electron chi connectivity index (χ1n) is 8.52. The fourth-order valence-electron chi connectivity index (χ4n) is 3.72. The van der Waals surface area contributed by atoms with E-state index in [9.17, 15) is 0 Å². The van der Waals surface area contributed by atoms with Crippen LogP contribution in [0.15, 0.2) is 69.7 Å². The van der Waals surface area contributed by atoms with Crippen molar-refractivity contribution in [3.05, 3.63) is 75.9 Å². The van der Waals surface area contributed by atoms with E-state index in [-0.39, 0.29) is 0 Å². The lowest BCUT2D eigenvalue weighted by Crippen LogP contribution is -2.14. The first-order chi connectivity index (χ1) is 11.9. The Kier molecular flexibility index (Phi) is 3.34. The van der Waals surface area contributed by atoms with E-state index in [4.69, 9.17) is 9.15 Å². The molecule has 2 nitrogen and oxygen atoms in total. The number of allylic oxidation sites excluding steroid dienone is 3. The van der Waals surface area contributed by atoms with Gasteiger partial charge in [-0.15, -0.1) is 11.3 Å². The Labute approximate surface area is 145 Å². The molecule has 1 unspecified atom stereocenters. The molecular formula is C21H18O2S. The molecule has 1 aliphatic carbocycles. The zero-order valence-corrected chi connectivity index (χ0v) is 14.1. The summed E-state index contributed by atoms with van der Waals surface area (Å²) in [5, 5.41) is 3.27. The molecule has 0 radical (unpaired) electrons. The molecule has 3 heteroatoms. The Balaban J connectivity index is 1.61. The van der Waals surface area contributed by atoms with Crippen molar-refractivity contribution in [1.29, 1.82) is 0 Å². The van der Waals surface area contributed by atoms with Gasteiger partial charge in [0, 0.05) is 22.6 Å². The minimum atomic E-state index is 0.331. The highest BCUT2D eigenvalue weighted by molar-refractivity contribution is 7.10. The molecule has 3 heterocycles. The zero-order valence-electron chi connectivity index (χ0n) is 13.3. The summed E-state index contributed by atoms with van der Waals surface area (Å²) in [5.74, 6) is 3.19. The molecule has 0 saturated heterocycles. The van der Waals surface area contributed by atoms with Gasteiger partial charge in [0.2, 0.25) is 0 Å². The van der Waals surface area contributed by atoms with Gasteiger partial charge in [-0.1, -0.05) is 24.3 Å². The van der Waals surface area contributed by atoms with E-state index in [2.05, 4.69) is 35.7 Å². The number of thiophene rings is 1. The second kappa shape index (κ2) is 5.67. The molecule has 0 amide bonds. The van der Waals surface area contributed by atoms with Crippen molar-refractivity contribution in [2.45, 2.75) is 31.6 Å². The van der Waals surface area contributed by atoms with Crippen LogP contribution in [0.1, 0.15) is 42.2 Å². The third-order valence-corrected chi connectivity index (χ3v) is 5.86. The van der Waals surface area contributed by atoms with Crippen LogP contribution < -0.4 is 0 Å². The Morgan fingerprint density at radius 1 is 1.00 bits per heavy atom. The molecule has 2 aromatic heterocycles. The van der Waals surface area contributed by atoms with Gasteiger partial charge in [-0.2, -0.15) is 0 Å². The van der Waals surface area contributed by atoms with Crippen LogP contribution in [0, 0.1) is 0 Å². The number of fused-ring (bicyclic) bond motifs is 1. The van der Waals surface area contributed by atoms with Crippen LogP contribution >= 0.6 is 11.3 Å². The number of para-hydroxylation sites is 1. The lowest BCUT2D eigenvalue weighted by atomic mass is 9.85. The smallest absolute Gasteiger partial charge is 0.170 e. The summed E-state index contributed by atoms with van der Waals surface area (Å²) in [6.45, 7) is 0. The predicted octanol–water partition coefficient (Wildman–Crippen LogP) is 6.48. The summed E-state index contributed by atoms with van der Waals surface area (Å²) >= 11 is 1.82. The summed E-state index contributed by atoms with van der Waals surface area (Å²) in [6, 6.07) is 14.6. The van der Waals surface area contributed by atoms with Gasteiger partial charge in [0.1, 0.15) is 11.3 Å². The normalized spacial score (nSPS) is 20.7. The fraction of sp³-hybridized carbons (Fsp3) is 0.238. The minimum Gasteiger partial charge on any atom is -0.458 e. The van der Waals surface area contributed by atoms with Crippen LogP contribution in [0.4, 0.5) is 0 Å². The highest BCUT2D eigenvalue weighted by atomic mass is 32.1. The summed E-state index contributed by atoms with van der Waals surface area (Å²) in [4.78, 5) is 1.39. The van der Waals surface area contributed by atoms with Crippen molar-refractivity contribution < 1.29 is 9.15 Å². The molecule has 2 aliphatic rings. The highest BCUT2D eigenvalue weighted by Crippen LogP contribution is 2.45. The Morgan fingerprint density at radius 3 is 2.79 bits per heavy atom. The van der Waals surface area contributed by atoms with E-state index in [0.717, 1.165) is 41.1 Å². The van der Waals surface area contributed by atoms with E-state index < -0.39 is 0 Å². The van der Waals surface area contributed by atoms with Crippen molar-refractivity contribution in [3.63, 3.8) is 0 Å². The highest BCUT2D eigenvalue weighted by Gasteiger charge is 2.30. The van der Waals surface area contributed by atoms with E-state index in [1.165, 1.54) is 23.3 Å². The maximum atomic E-state index is 6.29. The van der Waals surface area contributed by atoms with Crippen LogP contribution in [0.2, 0.25) is 0 Å². The Morgan fingerprint density at radius 2 is 1.92 bits per heavy atom. The zero-order chi connectivity index (χ0) is 15.9. The van der Waals surface area contributed by atoms with Crippen LogP contribution in [0.3, 0.4) is 0 Å². The molecule has 1 atom stereocenters. The second-order valence-corrected chi connectivity index (χ2v) is 7.41. The van der Waals surface area contributed by atoms with E-state index in [0.29, 0.717) is 5.92 Å². The molecule has 24 heavy (non-hydrogen) atoms. The van der Waals surface area contributed by atoms with E-state index in [1.807, 2.05) is 29.5 Å². The molecule has 0 bridgehead atoms. The molecule has 0 N–H and O–H groups in total. The molecule has 0 spiro atoms. The van der Waals surface area contributed by atoms with Crippen LogP contribution in [0.25, 0.3) is 16.7 Å². The van der Waals surface area contributed by atoms with E-state index in [1.54, 1.807) is 0 Å². The van der Waals surface area contributed by atoms with Gasteiger partial charge in [0.25, 0.3) is 0 Å². The largest absolute Gasteiger partial charge is 0.458 e. The van der Waals surface area contributed by atoms with Gasteiger partial charge in [-0.25, -0.2) is 0 Å². The maximum Gasteiger partial charge on any atom is 0.170 e. The predicted molar refractivity (Wildman–Crippen MR) is 97.8 cm³/mol. The van der Waals surface area contributed by atoms with E-state index >= 15 is 0 Å². The van der Waals surface area contributed by atoms with Crippen LogP contribution in [-0.4, -0.2) is 0 Å². The van der Waals surface area contributed by atoms with Gasteiger partial charge < -0.3 is 9.15 Å². The molecule has 1 aromatic carbocycles. The maximum absolute atomic E-state index is 6.29. The number of furan rings is 1. The van der Waals surface area contributed by atoms with Crippen molar-refractivity contribution in [3.8, 4) is 0 Å². The second-order valence-electron chi connectivity index (χ2n) is 6.43. The molecule has 0 fully saturated rings. The molecule has 3 aromatic rings. The lowest BCUT2D eigenvalue weighted by molar-refractivity contribution is 0.313. The van der Waals surface area contributed by atoms with Crippen LogP contribution in [-0.2, 0) is 4.74 Å². The molecular weight excluding hydrogens is 316 g/mol. The third kappa shape index (κ3) is 2.31. The van der Waals surface area contributed by atoms with Crippen molar-refractivity contribution in [2.75, 3.05) is 0 Å². The number of rotatable bonds is 2. The Hall–Kier alpha value is -2.26. The lowest BCUT2D eigenvalue weighted by Gasteiger charge is -2.30. The minimum absolute atomic E-state index is 0.331. The molecule has 0 saturated carbocycles. The Bertz CT molecular complexity index is 910. The molecule has 120 valence electrons. The van der Waals surface area contributed by atoms with Gasteiger partial charge in [-0.3, -0.25) is 0 Å². The average Bonchev–Trinajstić information content (AvgIpc) is 3.30. The molecule has 1 aliphatic heterocycles. The number of hydrogen-bond acceptors (Lipinski definition) is 3. The molecule has 5 rings (SSSR count). The standard InChI is InChI=1S/C21H18O2S/c1-3-8-17-14(6-1)12-19(22-17)20-13-16(21-10-5-11-24-21)15-7-2-4-9-18(15)23-20/h1,3,5-6,8,10-13,16H,2,4,7,9H2. The van der Waals surface area contributed by atoms with Crippen molar-refractivity contribution in [2.24, 2.45) is 0 Å². The third-order valence-electron chi connectivity index (χ3n) is 4.90. The SMILES string of the molecule is C1=C(c2cc3ccccc3o2)OC2=C(CCCC2)C1c1cccs1. The monoisotopic (exact) mass is 334 g/mol. The number of ether oxygens (including phenoxy) is 1. The first-order valence-corrected chi connectivity index (χ1v) is 9.40. The van der Waals surface area contributed by atoms with Gasteiger partial charge >= 0.3 is 0 Å². The summed E-state index contributed by atoms with van der Waals surface area (Å²) in [7, 11) is 0. The number of benzene rings is 1.